The molecule has 98 valence electrons. The van der Waals surface area contributed by atoms with Crippen LogP contribution in [0, 0.1) is 0 Å². The van der Waals surface area contributed by atoms with Gasteiger partial charge in [0, 0.05) is 5.02 Å². The maximum Gasteiger partial charge on any atom is 0.259 e. The van der Waals surface area contributed by atoms with E-state index in [0.717, 1.165) is 5.56 Å². The molecule has 1 heterocycles. The highest BCUT2D eigenvalue weighted by atomic mass is 35.5. The number of hydrogen-bond acceptors (Lipinski definition) is 2. The van der Waals surface area contributed by atoms with E-state index >= 15 is 0 Å². The quantitative estimate of drug-likeness (QED) is 0.778. The van der Waals surface area contributed by atoms with Crippen molar-refractivity contribution < 1.29 is 0 Å². The largest absolute Gasteiger partial charge is 0.306 e. The predicted molar refractivity (Wildman–Crippen MR) is 82.7 cm³/mol. The normalized spacial score (nSPS) is 11.2. The van der Waals surface area contributed by atoms with E-state index in [0.29, 0.717) is 21.7 Å². The number of H-pyrrole nitrogens is 1. The minimum absolute atomic E-state index is 0.167. The van der Waals surface area contributed by atoms with Crippen molar-refractivity contribution in [2.45, 2.75) is 0 Å². The summed E-state index contributed by atoms with van der Waals surface area (Å²) in [5.41, 5.74) is 1.47. The van der Waals surface area contributed by atoms with Gasteiger partial charge in [0.2, 0.25) is 0 Å². The fourth-order valence-electron chi connectivity index (χ4n) is 1.95. The van der Waals surface area contributed by atoms with Gasteiger partial charge in [0.1, 0.15) is 5.82 Å². The van der Waals surface area contributed by atoms with E-state index in [1.165, 1.54) is 0 Å². The maximum atomic E-state index is 11.9. The Balaban J connectivity index is 2.05. The number of fused-ring (bicyclic) bond motifs is 1. The summed E-state index contributed by atoms with van der Waals surface area (Å²) in [6, 6.07) is 14.9. The molecule has 0 saturated heterocycles. The zero-order valence-corrected chi connectivity index (χ0v) is 11.3. The van der Waals surface area contributed by atoms with Crippen LogP contribution in [0.25, 0.3) is 23.1 Å². The summed E-state index contributed by atoms with van der Waals surface area (Å²) in [5, 5.41) is 1.10. The molecule has 0 aliphatic heterocycles. The Morgan fingerprint density at radius 3 is 2.65 bits per heavy atom. The molecule has 3 rings (SSSR count). The first-order valence-electron chi connectivity index (χ1n) is 6.15. The average Bonchev–Trinajstić information content (AvgIpc) is 2.46. The van der Waals surface area contributed by atoms with Crippen LogP contribution < -0.4 is 5.56 Å². The zero-order chi connectivity index (χ0) is 13.9. The maximum absolute atomic E-state index is 11.9. The van der Waals surface area contributed by atoms with Crippen LogP contribution in [0.15, 0.2) is 53.3 Å². The first-order valence-corrected chi connectivity index (χ1v) is 6.53. The molecule has 0 amide bonds. The summed E-state index contributed by atoms with van der Waals surface area (Å²) in [6.07, 6.45) is 3.67. The second-order valence-electron chi connectivity index (χ2n) is 4.36. The molecule has 4 heteroatoms. The van der Waals surface area contributed by atoms with Gasteiger partial charge in [-0.1, -0.05) is 48.0 Å². The molecule has 0 aliphatic rings. The molecule has 3 aromatic rings. The lowest BCUT2D eigenvalue weighted by Crippen LogP contribution is -2.09. The number of nitrogens with one attached hydrogen (secondary N) is 1. The van der Waals surface area contributed by atoms with Crippen LogP contribution in [-0.4, -0.2) is 9.97 Å². The van der Waals surface area contributed by atoms with Gasteiger partial charge in [0.05, 0.1) is 10.9 Å². The van der Waals surface area contributed by atoms with Crippen molar-refractivity contribution >= 4 is 34.7 Å². The van der Waals surface area contributed by atoms with Crippen molar-refractivity contribution in [3.63, 3.8) is 0 Å². The molecule has 0 spiro atoms. The highest BCUT2D eigenvalue weighted by molar-refractivity contribution is 6.31. The summed E-state index contributed by atoms with van der Waals surface area (Å²) in [4.78, 5) is 19.1. The van der Waals surface area contributed by atoms with Crippen molar-refractivity contribution in [1.82, 2.24) is 9.97 Å². The van der Waals surface area contributed by atoms with Gasteiger partial charge in [-0.3, -0.25) is 4.79 Å². The Labute approximate surface area is 120 Å². The fraction of sp³-hybridized carbons (Fsp3) is 0. The second kappa shape index (κ2) is 5.31. The molecule has 20 heavy (non-hydrogen) atoms. The molecule has 0 bridgehead atoms. The van der Waals surface area contributed by atoms with Gasteiger partial charge in [-0.25, -0.2) is 4.98 Å². The Morgan fingerprint density at radius 2 is 1.85 bits per heavy atom. The summed E-state index contributed by atoms with van der Waals surface area (Å²) in [5.74, 6) is 0.508. The molecular weight excluding hydrogens is 272 g/mol. The van der Waals surface area contributed by atoms with Crippen LogP contribution in [0.5, 0.6) is 0 Å². The van der Waals surface area contributed by atoms with Crippen LogP contribution in [0.2, 0.25) is 5.02 Å². The van der Waals surface area contributed by atoms with Crippen LogP contribution >= 0.6 is 11.6 Å². The number of hydrogen-bond donors (Lipinski definition) is 1. The van der Waals surface area contributed by atoms with Gasteiger partial charge in [-0.2, -0.15) is 0 Å². The second-order valence-corrected chi connectivity index (χ2v) is 4.79. The molecular formula is C16H11ClN2O. The van der Waals surface area contributed by atoms with Gasteiger partial charge >= 0.3 is 0 Å². The van der Waals surface area contributed by atoms with Crippen molar-refractivity contribution in [1.29, 1.82) is 0 Å². The lowest BCUT2D eigenvalue weighted by Gasteiger charge is -1.99. The molecule has 0 saturated carbocycles. The Bertz CT molecular complexity index is 838. The molecule has 2 aromatic carbocycles. The number of benzene rings is 2. The Hall–Kier alpha value is -2.39. The lowest BCUT2D eigenvalue weighted by atomic mass is 10.2. The van der Waals surface area contributed by atoms with E-state index in [4.69, 9.17) is 11.6 Å². The zero-order valence-electron chi connectivity index (χ0n) is 10.5. The van der Waals surface area contributed by atoms with Gasteiger partial charge in [-0.05, 0) is 29.8 Å². The monoisotopic (exact) mass is 282 g/mol. The topological polar surface area (TPSA) is 45.8 Å². The minimum atomic E-state index is -0.167. The van der Waals surface area contributed by atoms with Gasteiger partial charge < -0.3 is 4.98 Å². The summed E-state index contributed by atoms with van der Waals surface area (Å²) >= 11 is 5.93. The van der Waals surface area contributed by atoms with Crippen molar-refractivity contribution in [3.05, 3.63) is 75.3 Å². The average molecular weight is 283 g/mol. The number of rotatable bonds is 2. The minimum Gasteiger partial charge on any atom is -0.306 e. The molecule has 0 radical (unpaired) electrons. The number of aromatic nitrogens is 2. The van der Waals surface area contributed by atoms with Gasteiger partial charge in [-0.15, -0.1) is 0 Å². The first-order chi connectivity index (χ1) is 9.72. The van der Waals surface area contributed by atoms with Gasteiger partial charge in [0.15, 0.2) is 0 Å². The summed E-state index contributed by atoms with van der Waals surface area (Å²) in [6.45, 7) is 0. The van der Waals surface area contributed by atoms with Crippen molar-refractivity contribution in [3.8, 4) is 0 Å². The van der Waals surface area contributed by atoms with Gasteiger partial charge in [0.25, 0.3) is 5.56 Å². The van der Waals surface area contributed by atoms with Crippen LogP contribution in [0.3, 0.4) is 0 Å². The molecule has 0 atom stereocenters. The molecule has 0 aliphatic carbocycles. The fourth-order valence-corrected chi connectivity index (χ4v) is 2.12. The third-order valence-electron chi connectivity index (χ3n) is 2.92. The van der Waals surface area contributed by atoms with Crippen molar-refractivity contribution in [2.24, 2.45) is 0 Å². The van der Waals surface area contributed by atoms with E-state index in [9.17, 15) is 4.79 Å². The van der Waals surface area contributed by atoms with E-state index in [1.54, 1.807) is 24.3 Å². The summed E-state index contributed by atoms with van der Waals surface area (Å²) in [7, 11) is 0. The SMILES string of the molecule is O=c1[nH]c(/C=C/c2ccccc2)nc2cc(Cl)ccc12. The van der Waals surface area contributed by atoms with E-state index < -0.39 is 0 Å². The summed E-state index contributed by atoms with van der Waals surface area (Å²) < 4.78 is 0. The standard InChI is InChI=1S/C16H11ClN2O/c17-12-7-8-13-14(10-12)18-15(19-16(13)20)9-6-11-4-2-1-3-5-11/h1-10H,(H,18,19,20)/b9-6+. The molecule has 1 aromatic heterocycles. The van der Waals surface area contributed by atoms with Crippen LogP contribution in [0.4, 0.5) is 0 Å². The van der Waals surface area contributed by atoms with Crippen LogP contribution in [-0.2, 0) is 0 Å². The molecule has 0 fully saturated rings. The van der Waals surface area contributed by atoms with E-state index in [1.807, 2.05) is 36.4 Å². The van der Waals surface area contributed by atoms with E-state index in [-0.39, 0.29) is 5.56 Å². The Kier molecular flexibility index (Phi) is 3.35. The Morgan fingerprint density at radius 1 is 1.05 bits per heavy atom. The number of aromatic amines is 1. The highest BCUT2D eigenvalue weighted by Crippen LogP contribution is 2.15. The smallest absolute Gasteiger partial charge is 0.259 e. The first kappa shape index (κ1) is 12.6. The molecule has 1 N–H and O–H groups in total. The third-order valence-corrected chi connectivity index (χ3v) is 3.16. The van der Waals surface area contributed by atoms with E-state index in [2.05, 4.69) is 9.97 Å². The third kappa shape index (κ3) is 2.63. The number of nitrogens with zero attached hydrogens (tertiary/aromatic N) is 1. The molecule has 3 nitrogen and oxygen atoms in total. The lowest BCUT2D eigenvalue weighted by molar-refractivity contribution is 1.14. The van der Waals surface area contributed by atoms with Crippen molar-refractivity contribution in [2.75, 3.05) is 0 Å². The predicted octanol–water partition coefficient (Wildman–Crippen LogP) is 3.75. The number of halogens is 1. The van der Waals surface area contributed by atoms with Crippen LogP contribution in [0.1, 0.15) is 11.4 Å². The highest BCUT2D eigenvalue weighted by Gasteiger charge is 2.02. The molecule has 0 unspecified atom stereocenters.